The molecule has 2 rings (SSSR count). The number of hydrogen-bond acceptors (Lipinski definition) is 3. The number of likely N-dealkylation sites (tertiary alicyclic amines) is 1. The van der Waals surface area contributed by atoms with Gasteiger partial charge in [-0.15, -0.1) is 0 Å². The molecular formula is C14H18BrN3. The van der Waals surface area contributed by atoms with Gasteiger partial charge in [0.1, 0.15) is 0 Å². The van der Waals surface area contributed by atoms with Gasteiger partial charge in [-0.2, -0.15) is 5.26 Å². The highest BCUT2D eigenvalue weighted by Crippen LogP contribution is 2.25. The van der Waals surface area contributed by atoms with Crippen LogP contribution in [0.4, 0.5) is 5.69 Å². The molecule has 1 aliphatic heterocycles. The number of nitrogens with one attached hydrogen (secondary N) is 1. The number of nitrogens with zero attached hydrogens (tertiary/aromatic N) is 2. The Morgan fingerprint density at radius 1 is 1.44 bits per heavy atom. The molecule has 1 saturated heterocycles. The zero-order chi connectivity index (χ0) is 13.0. The molecule has 18 heavy (non-hydrogen) atoms. The van der Waals surface area contributed by atoms with Gasteiger partial charge in [0.2, 0.25) is 0 Å². The number of anilines is 1. The first-order chi connectivity index (χ1) is 8.69. The topological polar surface area (TPSA) is 39.1 Å². The lowest BCUT2D eigenvalue weighted by atomic mass is 9.97. The minimum Gasteiger partial charge on any atom is -0.384 e. The predicted molar refractivity (Wildman–Crippen MR) is 77.6 cm³/mol. The maximum absolute atomic E-state index is 8.82. The van der Waals surface area contributed by atoms with Crippen LogP contribution in [0.3, 0.4) is 0 Å². The maximum atomic E-state index is 8.82. The molecule has 0 unspecified atom stereocenters. The predicted octanol–water partition coefficient (Wildman–Crippen LogP) is 3.07. The minimum absolute atomic E-state index is 0.687. The molecule has 0 spiro atoms. The Hall–Kier alpha value is -1.05. The van der Waals surface area contributed by atoms with E-state index in [1.165, 1.54) is 25.9 Å². The average Bonchev–Trinajstić information content (AvgIpc) is 2.39. The van der Waals surface area contributed by atoms with Gasteiger partial charge in [-0.25, -0.2) is 0 Å². The van der Waals surface area contributed by atoms with E-state index in [-0.39, 0.29) is 0 Å². The molecule has 4 heteroatoms. The number of nitriles is 1. The third kappa shape index (κ3) is 3.47. The van der Waals surface area contributed by atoms with Gasteiger partial charge in [0, 0.05) is 16.7 Å². The summed E-state index contributed by atoms with van der Waals surface area (Å²) in [7, 11) is 2.18. The summed E-state index contributed by atoms with van der Waals surface area (Å²) in [5.74, 6) is 0.753. The van der Waals surface area contributed by atoms with Crippen molar-refractivity contribution in [1.29, 1.82) is 5.26 Å². The van der Waals surface area contributed by atoms with Crippen LogP contribution in [-0.2, 0) is 0 Å². The Balaban J connectivity index is 1.89. The lowest BCUT2D eigenvalue weighted by Gasteiger charge is -2.29. The van der Waals surface area contributed by atoms with Crippen LogP contribution in [0.1, 0.15) is 18.4 Å². The van der Waals surface area contributed by atoms with Crippen molar-refractivity contribution < 1.29 is 0 Å². The van der Waals surface area contributed by atoms with E-state index in [1.54, 1.807) is 0 Å². The van der Waals surface area contributed by atoms with Crippen LogP contribution < -0.4 is 5.32 Å². The van der Waals surface area contributed by atoms with Crippen LogP contribution in [0.2, 0.25) is 0 Å². The Morgan fingerprint density at radius 3 is 2.78 bits per heavy atom. The first-order valence-electron chi connectivity index (χ1n) is 6.31. The lowest BCUT2D eigenvalue weighted by Crippen LogP contribution is -2.32. The molecule has 1 N–H and O–H groups in total. The maximum Gasteiger partial charge on any atom is 0.0992 e. The molecule has 0 saturated carbocycles. The minimum atomic E-state index is 0.687. The van der Waals surface area contributed by atoms with Gasteiger partial charge >= 0.3 is 0 Å². The van der Waals surface area contributed by atoms with Crippen molar-refractivity contribution >= 4 is 21.6 Å². The fourth-order valence-electron chi connectivity index (χ4n) is 2.25. The van der Waals surface area contributed by atoms with Crippen LogP contribution in [0.5, 0.6) is 0 Å². The summed E-state index contributed by atoms with van der Waals surface area (Å²) in [6, 6.07) is 7.82. The first-order valence-corrected chi connectivity index (χ1v) is 7.10. The van der Waals surface area contributed by atoms with Crippen molar-refractivity contribution in [3.05, 3.63) is 28.2 Å². The highest BCUT2D eigenvalue weighted by molar-refractivity contribution is 9.10. The van der Waals surface area contributed by atoms with Crippen molar-refractivity contribution in [2.45, 2.75) is 12.8 Å². The van der Waals surface area contributed by atoms with E-state index in [1.807, 2.05) is 18.2 Å². The molecule has 1 aromatic carbocycles. The first kappa shape index (κ1) is 13.4. The number of halogens is 1. The molecule has 1 heterocycles. The molecule has 0 amide bonds. The van der Waals surface area contributed by atoms with E-state index in [2.05, 4.69) is 39.3 Å². The highest BCUT2D eigenvalue weighted by atomic mass is 79.9. The molecule has 3 nitrogen and oxygen atoms in total. The normalized spacial score (nSPS) is 17.4. The monoisotopic (exact) mass is 307 g/mol. The second-order valence-corrected chi connectivity index (χ2v) is 5.79. The number of piperidine rings is 1. The summed E-state index contributed by atoms with van der Waals surface area (Å²) >= 11 is 3.50. The van der Waals surface area contributed by atoms with Crippen molar-refractivity contribution in [2.75, 3.05) is 32.0 Å². The third-order valence-corrected chi connectivity index (χ3v) is 4.17. The molecule has 96 valence electrons. The fraction of sp³-hybridized carbons (Fsp3) is 0.500. The lowest BCUT2D eigenvalue weighted by molar-refractivity contribution is 0.226. The van der Waals surface area contributed by atoms with Crippen LogP contribution in [0, 0.1) is 17.2 Å². The zero-order valence-corrected chi connectivity index (χ0v) is 12.2. The molecule has 0 aromatic heterocycles. The van der Waals surface area contributed by atoms with E-state index in [4.69, 9.17) is 5.26 Å². The quantitative estimate of drug-likeness (QED) is 0.933. The number of rotatable bonds is 3. The van der Waals surface area contributed by atoms with Crippen LogP contribution in [-0.4, -0.2) is 31.6 Å². The highest BCUT2D eigenvalue weighted by Gasteiger charge is 2.16. The largest absolute Gasteiger partial charge is 0.384 e. The van der Waals surface area contributed by atoms with Crippen molar-refractivity contribution in [3.63, 3.8) is 0 Å². The van der Waals surface area contributed by atoms with Gasteiger partial charge in [0.05, 0.1) is 11.6 Å². The van der Waals surface area contributed by atoms with Crippen LogP contribution >= 0.6 is 15.9 Å². The summed E-state index contributed by atoms with van der Waals surface area (Å²) in [5, 5.41) is 12.3. The van der Waals surface area contributed by atoms with E-state index in [9.17, 15) is 0 Å². The second-order valence-electron chi connectivity index (χ2n) is 4.93. The van der Waals surface area contributed by atoms with E-state index < -0.39 is 0 Å². The molecule has 0 atom stereocenters. The van der Waals surface area contributed by atoms with Crippen LogP contribution in [0.15, 0.2) is 22.7 Å². The summed E-state index contributed by atoms with van der Waals surface area (Å²) in [6.45, 7) is 3.40. The molecule has 0 aliphatic carbocycles. The number of benzene rings is 1. The summed E-state index contributed by atoms with van der Waals surface area (Å²) < 4.78 is 0.967. The van der Waals surface area contributed by atoms with Gasteiger partial charge < -0.3 is 10.2 Å². The van der Waals surface area contributed by atoms with Gasteiger partial charge in [-0.05, 0) is 73.0 Å². The molecule has 1 fully saturated rings. The Morgan fingerprint density at radius 2 is 2.17 bits per heavy atom. The van der Waals surface area contributed by atoms with E-state index >= 15 is 0 Å². The van der Waals surface area contributed by atoms with Gasteiger partial charge in [0.25, 0.3) is 0 Å². The summed E-state index contributed by atoms with van der Waals surface area (Å²) in [5.41, 5.74) is 1.76. The summed E-state index contributed by atoms with van der Waals surface area (Å²) in [4.78, 5) is 2.38. The molecule has 1 aliphatic rings. The van der Waals surface area contributed by atoms with Crippen molar-refractivity contribution in [1.82, 2.24) is 4.90 Å². The Kier molecular flexibility index (Phi) is 4.62. The molecule has 0 radical (unpaired) electrons. The number of hydrogen-bond donors (Lipinski definition) is 1. The second kappa shape index (κ2) is 6.21. The summed E-state index contributed by atoms with van der Waals surface area (Å²) in [6.07, 6.45) is 2.52. The van der Waals surface area contributed by atoms with Crippen molar-refractivity contribution in [2.24, 2.45) is 5.92 Å². The molecular weight excluding hydrogens is 290 g/mol. The smallest absolute Gasteiger partial charge is 0.0992 e. The standard InChI is InChI=1S/C14H18BrN3/c1-18-6-4-11(5-7-18)10-17-14-3-2-12(9-16)8-13(14)15/h2-3,8,11,17H,4-7,10H2,1H3. The SMILES string of the molecule is CN1CCC(CNc2ccc(C#N)cc2Br)CC1. The zero-order valence-electron chi connectivity index (χ0n) is 10.6. The van der Waals surface area contributed by atoms with Gasteiger partial charge in [0.15, 0.2) is 0 Å². The van der Waals surface area contributed by atoms with Gasteiger partial charge in [-0.1, -0.05) is 0 Å². The molecule has 1 aromatic rings. The van der Waals surface area contributed by atoms with Crippen LogP contribution in [0.25, 0.3) is 0 Å². The van der Waals surface area contributed by atoms with E-state index in [0.717, 1.165) is 22.6 Å². The Bertz CT molecular complexity index is 445. The molecule has 0 bridgehead atoms. The average molecular weight is 308 g/mol. The third-order valence-electron chi connectivity index (χ3n) is 3.52. The Labute approximate surface area is 117 Å². The fourth-order valence-corrected chi connectivity index (χ4v) is 2.77. The van der Waals surface area contributed by atoms with Crippen molar-refractivity contribution in [3.8, 4) is 6.07 Å². The van der Waals surface area contributed by atoms with Gasteiger partial charge in [-0.3, -0.25) is 0 Å². The van der Waals surface area contributed by atoms with E-state index in [0.29, 0.717) is 5.56 Å².